The van der Waals surface area contributed by atoms with Gasteiger partial charge in [0.05, 0.1) is 11.4 Å². The van der Waals surface area contributed by atoms with Crippen LogP contribution in [0.15, 0.2) is 29.2 Å². The van der Waals surface area contributed by atoms with Gasteiger partial charge in [-0.15, -0.1) is 0 Å². The minimum absolute atomic E-state index is 0.0731. The van der Waals surface area contributed by atoms with E-state index in [2.05, 4.69) is 20.2 Å². The number of carbonyl (C=O) groups excluding carboxylic acids is 1. The van der Waals surface area contributed by atoms with E-state index in [4.69, 9.17) is 4.74 Å². The summed E-state index contributed by atoms with van der Waals surface area (Å²) in [6, 6.07) is 7.53. The Bertz CT molecular complexity index is 842. The van der Waals surface area contributed by atoms with Crippen LogP contribution < -0.4 is 14.8 Å². The van der Waals surface area contributed by atoms with Crippen molar-refractivity contribution in [3.05, 3.63) is 41.2 Å². The Morgan fingerprint density at radius 1 is 1.23 bits per heavy atom. The zero-order valence-electron chi connectivity index (χ0n) is 15.1. The van der Waals surface area contributed by atoms with E-state index in [0.717, 1.165) is 12.0 Å². The summed E-state index contributed by atoms with van der Waals surface area (Å²) < 4.78 is 32.5. The number of carbonyl (C=O) groups is 1. The molecular weight excluding hydrogens is 356 g/mol. The molecule has 0 aliphatic rings. The number of aromatic nitrogens is 2. The topological polar surface area (TPSA) is 113 Å². The van der Waals surface area contributed by atoms with Gasteiger partial charge in [-0.05, 0) is 31.9 Å². The highest BCUT2D eigenvalue weighted by atomic mass is 32.2. The second kappa shape index (κ2) is 8.81. The number of aryl methyl sites for hydroxylation is 3. The lowest BCUT2D eigenvalue weighted by molar-refractivity contribution is -0.123. The molecule has 1 aromatic heterocycles. The lowest BCUT2D eigenvalue weighted by Gasteiger charge is -2.11. The van der Waals surface area contributed by atoms with Crippen LogP contribution in [0, 0.1) is 13.8 Å². The third-order valence-electron chi connectivity index (χ3n) is 3.78. The molecule has 142 valence electrons. The molecule has 0 radical (unpaired) electrons. The molecule has 0 saturated heterocycles. The highest BCUT2D eigenvalue weighted by molar-refractivity contribution is 7.89. The fourth-order valence-electron chi connectivity index (χ4n) is 2.53. The zero-order valence-corrected chi connectivity index (χ0v) is 15.9. The number of benzene rings is 1. The number of aromatic amines is 1. The minimum Gasteiger partial charge on any atom is -0.483 e. The van der Waals surface area contributed by atoms with Crippen LogP contribution in [0.3, 0.4) is 0 Å². The number of rotatable bonds is 9. The largest absolute Gasteiger partial charge is 0.483 e. The molecule has 2 rings (SSSR count). The minimum atomic E-state index is -3.67. The maximum Gasteiger partial charge on any atom is 0.257 e. The Labute approximate surface area is 153 Å². The van der Waals surface area contributed by atoms with Crippen molar-refractivity contribution in [1.82, 2.24) is 20.2 Å². The molecule has 9 heteroatoms. The number of para-hydroxylation sites is 1. The number of H-pyrrole nitrogens is 1. The van der Waals surface area contributed by atoms with Gasteiger partial charge in [-0.2, -0.15) is 5.10 Å². The number of hydrogen-bond donors (Lipinski definition) is 3. The van der Waals surface area contributed by atoms with E-state index in [9.17, 15) is 13.2 Å². The molecule has 0 aliphatic heterocycles. The van der Waals surface area contributed by atoms with E-state index >= 15 is 0 Å². The quantitative estimate of drug-likeness (QED) is 0.563. The van der Waals surface area contributed by atoms with Gasteiger partial charge in [0.15, 0.2) is 6.61 Å². The maximum atomic E-state index is 12.3. The van der Waals surface area contributed by atoms with Crippen molar-refractivity contribution in [2.24, 2.45) is 0 Å². The molecule has 0 unspecified atom stereocenters. The van der Waals surface area contributed by atoms with Gasteiger partial charge in [-0.25, -0.2) is 13.1 Å². The molecular formula is C17H24N4O4S. The van der Waals surface area contributed by atoms with E-state index in [1.807, 2.05) is 31.2 Å². The van der Waals surface area contributed by atoms with Crippen LogP contribution >= 0.6 is 0 Å². The molecule has 0 atom stereocenters. The van der Waals surface area contributed by atoms with Crippen molar-refractivity contribution in [3.8, 4) is 5.75 Å². The molecule has 0 aliphatic carbocycles. The summed E-state index contributed by atoms with van der Waals surface area (Å²) in [6.07, 6.45) is 0.812. The molecule has 1 amide bonds. The van der Waals surface area contributed by atoms with E-state index < -0.39 is 10.0 Å². The van der Waals surface area contributed by atoms with Crippen molar-refractivity contribution in [1.29, 1.82) is 0 Å². The highest BCUT2D eigenvalue weighted by Gasteiger charge is 2.21. The van der Waals surface area contributed by atoms with Crippen LogP contribution in [-0.4, -0.2) is 44.2 Å². The number of amides is 1. The summed E-state index contributed by atoms with van der Waals surface area (Å²) in [5.41, 5.74) is 1.91. The van der Waals surface area contributed by atoms with Crippen LogP contribution in [0.1, 0.15) is 23.9 Å². The fourth-order valence-corrected chi connectivity index (χ4v) is 3.93. The smallest absolute Gasteiger partial charge is 0.257 e. The van der Waals surface area contributed by atoms with E-state index in [0.29, 0.717) is 17.1 Å². The first-order valence-electron chi connectivity index (χ1n) is 8.33. The molecule has 2 aromatic rings. The Kier molecular flexibility index (Phi) is 6.76. The van der Waals surface area contributed by atoms with Gasteiger partial charge < -0.3 is 10.1 Å². The van der Waals surface area contributed by atoms with Gasteiger partial charge in [0.25, 0.3) is 5.91 Å². The monoisotopic (exact) mass is 380 g/mol. The Morgan fingerprint density at radius 2 is 1.96 bits per heavy atom. The van der Waals surface area contributed by atoms with E-state index in [1.54, 1.807) is 13.8 Å². The summed E-state index contributed by atoms with van der Waals surface area (Å²) in [5, 5.41) is 9.14. The number of nitrogens with one attached hydrogen (secondary N) is 3. The molecule has 26 heavy (non-hydrogen) atoms. The third-order valence-corrected chi connectivity index (χ3v) is 5.50. The normalized spacial score (nSPS) is 11.3. The molecule has 1 heterocycles. The van der Waals surface area contributed by atoms with E-state index in [1.165, 1.54) is 0 Å². The Morgan fingerprint density at radius 3 is 2.62 bits per heavy atom. The first kappa shape index (κ1) is 19.9. The molecule has 0 spiro atoms. The third kappa shape index (κ3) is 5.06. The molecule has 1 aromatic carbocycles. The van der Waals surface area contributed by atoms with Gasteiger partial charge in [0.1, 0.15) is 10.6 Å². The van der Waals surface area contributed by atoms with Crippen molar-refractivity contribution in [3.63, 3.8) is 0 Å². The zero-order chi connectivity index (χ0) is 19.2. The average molecular weight is 380 g/mol. The number of hydrogen-bond acceptors (Lipinski definition) is 5. The van der Waals surface area contributed by atoms with Crippen LogP contribution in [0.25, 0.3) is 0 Å². The van der Waals surface area contributed by atoms with Crippen LogP contribution in [0.2, 0.25) is 0 Å². The number of sulfonamides is 1. The van der Waals surface area contributed by atoms with Crippen molar-refractivity contribution < 1.29 is 17.9 Å². The summed E-state index contributed by atoms with van der Waals surface area (Å²) in [4.78, 5) is 12.0. The van der Waals surface area contributed by atoms with Gasteiger partial charge >= 0.3 is 0 Å². The average Bonchev–Trinajstić information content (AvgIpc) is 2.96. The first-order valence-corrected chi connectivity index (χ1v) is 9.82. The van der Waals surface area contributed by atoms with Crippen molar-refractivity contribution in [2.45, 2.75) is 32.1 Å². The van der Waals surface area contributed by atoms with Gasteiger partial charge in [-0.3, -0.25) is 9.89 Å². The van der Waals surface area contributed by atoms with Crippen LogP contribution in [-0.2, 0) is 21.2 Å². The van der Waals surface area contributed by atoms with Gasteiger partial charge in [-0.1, -0.05) is 25.1 Å². The summed E-state index contributed by atoms with van der Waals surface area (Å²) in [7, 11) is -3.67. The maximum absolute atomic E-state index is 12.3. The lowest BCUT2D eigenvalue weighted by Crippen LogP contribution is -2.37. The molecule has 0 fully saturated rings. The summed E-state index contributed by atoms with van der Waals surface area (Å²) >= 11 is 0. The van der Waals surface area contributed by atoms with Crippen LogP contribution in [0.5, 0.6) is 5.75 Å². The van der Waals surface area contributed by atoms with Crippen molar-refractivity contribution >= 4 is 15.9 Å². The molecule has 0 saturated carbocycles. The fraction of sp³-hybridized carbons (Fsp3) is 0.412. The summed E-state index contributed by atoms with van der Waals surface area (Å²) in [5.74, 6) is 0.363. The van der Waals surface area contributed by atoms with Crippen LogP contribution in [0.4, 0.5) is 0 Å². The van der Waals surface area contributed by atoms with Gasteiger partial charge in [0.2, 0.25) is 10.0 Å². The molecule has 3 N–H and O–H groups in total. The highest BCUT2D eigenvalue weighted by Crippen LogP contribution is 2.18. The first-order chi connectivity index (χ1) is 12.3. The predicted octanol–water partition coefficient (Wildman–Crippen LogP) is 1.06. The standard InChI is InChI=1S/C17H24N4O4S/c1-4-14-7-5-6-8-15(14)25-11-16(22)18-9-10-19-26(23,24)17-12(2)20-21-13(17)3/h5-8,19H,4,9-11H2,1-3H3,(H,18,22)(H,20,21). The predicted molar refractivity (Wildman–Crippen MR) is 97.6 cm³/mol. The number of ether oxygens (including phenoxy) is 1. The molecule has 8 nitrogen and oxygen atoms in total. The second-order valence-corrected chi connectivity index (χ2v) is 7.46. The molecule has 0 bridgehead atoms. The van der Waals surface area contributed by atoms with Gasteiger partial charge in [0, 0.05) is 13.1 Å². The lowest BCUT2D eigenvalue weighted by atomic mass is 10.1. The van der Waals surface area contributed by atoms with E-state index in [-0.39, 0.29) is 30.5 Å². The Balaban J connectivity index is 1.77. The SMILES string of the molecule is CCc1ccccc1OCC(=O)NCCNS(=O)(=O)c1c(C)n[nH]c1C. The van der Waals surface area contributed by atoms with Crippen molar-refractivity contribution in [2.75, 3.05) is 19.7 Å². The Hall–Kier alpha value is -2.39. The second-order valence-electron chi connectivity index (χ2n) is 5.76. The number of nitrogens with zero attached hydrogens (tertiary/aromatic N) is 1. The summed E-state index contributed by atoms with van der Waals surface area (Å²) in [6.45, 7) is 5.38.